The van der Waals surface area contributed by atoms with E-state index in [0.717, 1.165) is 36.7 Å². The summed E-state index contributed by atoms with van der Waals surface area (Å²) in [5, 5.41) is 4.80. The fraction of sp³-hybridized carbons (Fsp3) is 0.571. The highest BCUT2D eigenvalue weighted by Gasteiger charge is 2.01. The van der Waals surface area contributed by atoms with Crippen molar-refractivity contribution in [3.63, 3.8) is 0 Å². The molecule has 0 unspecified atom stereocenters. The second kappa shape index (κ2) is 8.76. The van der Waals surface area contributed by atoms with Crippen LogP contribution in [-0.2, 0) is 11.2 Å². The van der Waals surface area contributed by atoms with Crippen LogP contribution in [0.25, 0.3) is 0 Å². The lowest BCUT2D eigenvalue weighted by Crippen LogP contribution is -2.24. The second-order valence-electron chi connectivity index (χ2n) is 4.70. The van der Waals surface area contributed by atoms with Gasteiger partial charge >= 0.3 is 0 Å². The lowest BCUT2D eigenvalue weighted by molar-refractivity contribution is 0.138. The molecule has 1 aromatic carbocycles. The molecule has 102 valence electrons. The highest BCUT2D eigenvalue weighted by Crippen LogP contribution is 2.20. The van der Waals surface area contributed by atoms with Gasteiger partial charge in [-0.1, -0.05) is 37.0 Å². The molecule has 2 nitrogen and oxygen atoms in total. The van der Waals surface area contributed by atoms with Gasteiger partial charge in [0.2, 0.25) is 0 Å². The number of hydrogen-bond donors (Lipinski definition) is 1. The van der Waals surface area contributed by atoms with Gasteiger partial charge in [-0.05, 0) is 42.6 Å². The van der Waals surface area contributed by atoms with E-state index in [1.807, 2.05) is 12.1 Å². The Labute approximate surface area is 120 Å². The molecule has 1 rings (SSSR count). The van der Waals surface area contributed by atoms with Gasteiger partial charge < -0.3 is 10.1 Å². The van der Waals surface area contributed by atoms with Gasteiger partial charge in [0.1, 0.15) is 0 Å². The Hall–Kier alpha value is -0.280. The molecule has 0 saturated heterocycles. The number of hydrogen-bond acceptors (Lipinski definition) is 2. The first kappa shape index (κ1) is 15.8. The number of benzene rings is 1. The van der Waals surface area contributed by atoms with E-state index in [2.05, 4.69) is 19.2 Å². The summed E-state index contributed by atoms with van der Waals surface area (Å²) in [5.74, 6) is 0.676. The van der Waals surface area contributed by atoms with Crippen LogP contribution >= 0.6 is 23.2 Å². The zero-order valence-corrected chi connectivity index (χ0v) is 12.5. The molecule has 0 spiro atoms. The van der Waals surface area contributed by atoms with Gasteiger partial charge in [0, 0.05) is 16.6 Å². The minimum atomic E-state index is 0.670. The Morgan fingerprint density at radius 3 is 2.72 bits per heavy atom. The maximum atomic E-state index is 6.07. The summed E-state index contributed by atoms with van der Waals surface area (Å²) in [5.41, 5.74) is 1.04. The van der Waals surface area contributed by atoms with Crippen molar-refractivity contribution in [2.45, 2.75) is 20.3 Å². The maximum absolute atomic E-state index is 6.07. The number of rotatable bonds is 8. The Kier molecular flexibility index (Phi) is 7.68. The van der Waals surface area contributed by atoms with Crippen LogP contribution in [-0.4, -0.2) is 26.3 Å². The second-order valence-corrected chi connectivity index (χ2v) is 5.54. The van der Waals surface area contributed by atoms with Crippen LogP contribution in [0.2, 0.25) is 10.0 Å². The van der Waals surface area contributed by atoms with Crippen LogP contribution < -0.4 is 5.32 Å². The predicted molar refractivity (Wildman–Crippen MR) is 78.7 cm³/mol. The predicted octanol–water partition coefficient (Wildman–Crippen LogP) is 3.80. The summed E-state index contributed by atoms with van der Waals surface area (Å²) in [6, 6.07) is 5.51. The Bertz CT molecular complexity index is 356. The van der Waals surface area contributed by atoms with E-state index in [9.17, 15) is 0 Å². The lowest BCUT2D eigenvalue weighted by Gasteiger charge is -2.09. The third-order valence-electron chi connectivity index (χ3n) is 2.50. The molecule has 0 heterocycles. The molecule has 18 heavy (non-hydrogen) atoms. The Balaban J connectivity index is 2.12. The van der Waals surface area contributed by atoms with Crippen LogP contribution in [0.4, 0.5) is 0 Å². The molecule has 1 aromatic rings. The minimum absolute atomic E-state index is 0.670. The summed E-state index contributed by atoms with van der Waals surface area (Å²) in [4.78, 5) is 0. The summed E-state index contributed by atoms with van der Waals surface area (Å²) in [6.07, 6.45) is 0.795. The van der Waals surface area contributed by atoms with Crippen molar-refractivity contribution >= 4 is 23.2 Å². The van der Waals surface area contributed by atoms with E-state index in [1.165, 1.54) is 0 Å². The molecule has 0 aromatic heterocycles. The average molecular weight is 290 g/mol. The standard InChI is InChI=1S/C14H21Cl2NO/c1-11(2)10-17-6-8-18-7-5-12-9-13(15)3-4-14(12)16/h3-4,9,11,17H,5-8,10H2,1-2H3. The highest BCUT2D eigenvalue weighted by molar-refractivity contribution is 6.33. The molecule has 0 saturated carbocycles. The molecule has 0 aliphatic rings. The largest absolute Gasteiger partial charge is 0.380 e. The molecule has 0 radical (unpaired) electrons. The first-order valence-electron chi connectivity index (χ1n) is 6.32. The molecule has 0 atom stereocenters. The molecule has 0 fully saturated rings. The van der Waals surface area contributed by atoms with Gasteiger partial charge in [-0.25, -0.2) is 0 Å². The number of halogens is 2. The van der Waals surface area contributed by atoms with Gasteiger partial charge in [0.05, 0.1) is 13.2 Å². The third kappa shape index (κ3) is 6.60. The third-order valence-corrected chi connectivity index (χ3v) is 3.10. The molecule has 1 N–H and O–H groups in total. The Morgan fingerprint density at radius 1 is 1.22 bits per heavy atom. The van der Waals surface area contributed by atoms with Crippen molar-refractivity contribution in [3.05, 3.63) is 33.8 Å². The van der Waals surface area contributed by atoms with Crippen molar-refractivity contribution in [2.75, 3.05) is 26.3 Å². The van der Waals surface area contributed by atoms with Gasteiger partial charge in [-0.2, -0.15) is 0 Å². The highest BCUT2D eigenvalue weighted by atomic mass is 35.5. The average Bonchev–Trinajstić information content (AvgIpc) is 2.32. The minimum Gasteiger partial charge on any atom is -0.380 e. The van der Waals surface area contributed by atoms with E-state index in [4.69, 9.17) is 27.9 Å². The first-order chi connectivity index (χ1) is 8.59. The fourth-order valence-corrected chi connectivity index (χ4v) is 1.96. The topological polar surface area (TPSA) is 21.3 Å². The number of nitrogens with one attached hydrogen (secondary N) is 1. The van der Waals surface area contributed by atoms with Gasteiger partial charge in [0.25, 0.3) is 0 Å². The van der Waals surface area contributed by atoms with Crippen LogP contribution in [0.15, 0.2) is 18.2 Å². The molecular weight excluding hydrogens is 269 g/mol. The molecule has 0 bridgehead atoms. The lowest BCUT2D eigenvalue weighted by atomic mass is 10.2. The molecule has 0 amide bonds. The van der Waals surface area contributed by atoms with Crippen molar-refractivity contribution in [2.24, 2.45) is 5.92 Å². The summed E-state index contributed by atoms with van der Waals surface area (Å²) in [7, 11) is 0. The smallest absolute Gasteiger partial charge is 0.0591 e. The molecule has 4 heteroatoms. The van der Waals surface area contributed by atoms with E-state index in [-0.39, 0.29) is 0 Å². The fourth-order valence-electron chi connectivity index (χ4n) is 1.55. The Morgan fingerprint density at radius 2 is 2.00 bits per heavy atom. The SMILES string of the molecule is CC(C)CNCCOCCc1cc(Cl)ccc1Cl. The summed E-state index contributed by atoms with van der Waals surface area (Å²) in [6.45, 7) is 7.70. The van der Waals surface area contributed by atoms with Gasteiger partial charge in [0.15, 0.2) is 0 Å². The molecule has 0 aliphatic carbocycles. The van der Waals surface area contributed by atoms with E-state index in [1.54, 1.807) is 6.07 Å². The van der Waals surface area contributed by atoms with Gasteiger partial charge in [-0.15, -0.1) is 0 Å². The van der Waals surface area contributed by atoms with E-state index < -0.39 is 0 Å². The maximum Gasteiger partial charge on any atom is 0.0591 e. The van der Waals surface area contributed by atoms with E-state index in [0.29, 0.717) is 17.5 Å². The van der Waals surface area contributed by atoms with Crippen molar-refractivity contribution in [3.8, 4) is 0 Å². The normalized spacial score (nSPS) is 11.2. The van der Waals surface area contributed by atoms with Crippen LogP contribution in [0.3, 0.4) is 0 Å². The molecule has 0 aliphatic heterocycles. The van der Waals surface area contributed by atoms with Crippen molar-refractivity contribution in [1.29, 1.82) is 0 Å². The zero-order valence-electron chi connectivity index (χ0n) is 11.0. The van der Waals surface area contributed by atoms with Crippen molar-refractivity contribution in [1.82, 2.24) is 5.32 Å². The van der Waals surface area contributed by atoms with Crippen molar-refractivity contribution < 1.29 is 4.74 Å². The quantitative estimate of drug-likeness (QED) is 0.735. The monoisotopic (exact) mass is 289 g/mol. The summed E-state index contributed by atoms with van der Waals surface area (Å²) >= 11 is 12.0. The van der Waals surface area contributed by atoms with Crippen LogP contribution in [0.1, 0.15) is 19.4 Å². The van der Waals surface area contributed by atoms with Gasteiger partial charge in [-0.3, -0.25) is 0 Å². The van der Waals surface area contributed by atoms with Crippen LogP contribution in [0, 0.1) is 5.92 Å². The molecular formula is C14H21Cl2NO. The van der Waals surface area contributed by atoms with E-state index >= 15 is 0 Å². The number of ether oxygens (including phenoxy) is 1. The first-order valence-corrected chi connectivity index (χ1v) is 7.07. The van der Waals surface area contributed by atoms with Crippen LogP contribution in [0.5, 0.6) is 0 Å². The zero-order chi connectivity index (χ0) is 13.4. The summed E-state index contributed by atoms with van der Waals surface area (Å²) < 4.78 is 5.55.